The lowest BCUT2D eigenvalue weighted by atomic mass is 10.0. The minimum atomic E-state index is -4.40. The third-order valence-corrected chi connectivity index (χ3v) is 7.69. The molecule has 2 aromatic rings. The lowest BCUT2D eigenvalue weighted by molar-refractivity contribution is 0.0247. The molecule has 2 amide bonds. The van der Waals surface area contributed by atoms with Crippen LogP contribution in [0.3, 0.4) is 0 Å². The van der Waals surface area contributed by atoms with Gasteiger partial charge in [0.15, 0.2) is 17.1 Å². The fraction of sp³-hybridized carbons (Fsp3) is 0.409. The van der Waals surface area contributed by atoms with Crippen LogP contribution in [0, 0.1) is 17.6 Å². The summed E-state index contributed by atoms with van der Waals surface area (Å²) in [6.07, 6.45) is 0.705. The van der Waals surface area contributed by atoms with Crippen molar-refractivity contribution in [1.29, 1.82) is 0 Å². The highest BCUT2D eigenvalue weighted by molar-refractivity contribution is 7.56. The second-order valence-corrected chi connectivity index (χ2v) is 10.9. The molecule has 2 unspecified atom stereocenters. The maximum Gasteiger partial charge on any atom is 0.351 e. The number of carbonyl (C=O) groups excluding carboxylic acids is 2. The van der Waals surface area contributed by atoms with Gasteiger partial charge >= 0.3 is 7.52 Å². The molecule has 3 N–H and O–H groups in total. The number of fused-ring (bicyclic) bond motifs is 1. The Hall–Kier alpha value is -3.61. The summed E-state index contributed by atoms with van der Waals surface area (Å²) in [6.45, 7) is 1.31. The number of nitroso groups, excluding NO2 is 1. The molecular formula is C22H25FN5O8P. The van der Waals surface area contributed by atoms with Crippen LogP contribution in [0.5, 0.6) is 5.75 Å². The summed E-state index contributed by atoms with van der Waals surface area (Å²) in [5.41, 5.74) is -2.40. The van der Waals surface area contributed by atoms with Gasteiger partial charge in [-0.25, -0.2) is 4.39 Å². The van der Waals surface area contributed by atoms with Crippen molar-refractivity contribution in [3.05, 3.63) is 67.7 Å². The van der Waals surface area contributed by atoms with Gasteiger partial charge in [0.1, 0.15) is 11.4 Å². The topological polar surface area (TPSA) is 171 Å². The highest BCUT2D eigenvalue weighted by Crippen LogP contribution is 2.43. The van der Waals surface area contributed by atoms with Crippen LogP contribution in [0.4, 0.5) is 4.39 Å². The molecular weight excluding hydrogens is 512 g/mol. The number of benzene rings is 1. The number of likely N-dealkylation sites (N-methyl/N-ethyl adjacent to an activating group) is 1. The van der Waals surface area contributed by atoms with Crippen LogP contribution < -0.4 is 15.8 Å². The molecule has 0 saturated carbocycles. The van der Waals surface area contributed by atoms with E-state index >= 15 is 0 Å². The summed E-state index contributed by atoms with van der Waals surface area (Å²) in [7, 11) is -2.87. The minimum absolute atomic E-state index is 0.0277. The summed E-state index contributed by atoms with van der Waals surface area (Å²) in [6, 6.07) is 4.47. The number of hydrogen-bond donors (Lipinski definition) is 3. The maximum atomic E-state index is 14.2. The average molecular weight is 537 g/mol. The molecule has 1 saturated heterocycles. The molecule has 0 bridgehead atoms. The van der Waals surface area contributed by atoms with Crippen LogP contribution in [0.2, 0.25) is 0 Å². The lowest BCUT2D eigenvalue weighted by Crippen LogP contribution is -2.70. The van der Waals surface area contributed by atoms with E-state index in [1.165, 1.54) is 24.2 Å². The molecule has 37 heavy (non-hydrogen) atoms. The van der Waals surface area contributed by atoms with Crippen LogP contribution in [0.25, 0.3) is 0 Å². The smallest absolute Gasteiger partial charge is 0.351 e. The van der Waals surface area contributed by atoms with Crippen molar-refractivity contribution in [2.24, 2.45) is 4.95 Å². The first kappa shape index (κ1) is 26.5. The largest absolute Gasteiger partial charge is 0.502 e. The van der Waals surface area contributed by atoms with E-state index in [2.05, 4.69) is 10.3 Å². The standard InChI is InChI=1S/C22H25FN5O8P/c1-13-3-4-14(16(23)9-13)10-24-20(31)15-11-28-17(19(30)18(15)29)21(32)27(6-8-37(34,35)25-33)22(26(28)2)5-7-36-12-22/h3-4,9,11,30H,5-8,10,12H2,1-2H3,(H,24,31)(H,34,35). The molecule has 15 heteroatoms. The first-order chi connectivity index (χ1) is 17.4. The van der Waals surface area contributed by atoms with E-state index in [-0.39, 0.29) is 38.3 Å². The zero-order valence-corrected chi connectivity index (χ0v) is 20.9. The van der Waals surface area contributed by atoms with Crippen LogP contribution >= 0.6 is 7.52 Å². The van der Waals surface area contributed by atoms with Gasteiger partial charge in [0.05, 0.1) is 19.4 Å². The monoisotopic (exact) mass is 537 g/mol. The zero-order valence-electron chi connectivity index (χ0n) is 20.0. The molecule has 2 atom stereocenters. The van der Waals surface area contributed by atoms with Gasteiger partial charge in [-0.1, -0.05) is 12.1 Å². The minimum Gasteiger partial charge on any atom is -0.502 e. The average Bonchev–Trinajstić information content (AvgIpc) is 3.34. The van der Waals surface area contributed by atoms with Crippen molar-refractivity contribution in [3.63, 3.8) is 0 Å². The third-order valence-electron chi connectivity index (χ3n) is 6.66. The molecule has 198 valence electrons. The van der Waals surface area contributed by atoms with Crippen molar-refractivity contribution in [2.75, 3.05) is 38.0 Å². The fourth-order valence-corrected chi connectivity index (χ4v) is 5.08. The number of aryl methyl sites for hydroxylation is 1. The quantitative estimate of drug-likeness (QED) is 0.345. The summed E-state index contributed by atoms with van der Waals surface area (Å²) in [5.74, 6) is -3.30. The van der Waals surface area contributed by atoms with E-state index in [1.54, 1.807) is 13.0 Å². The van der Waals surface area contributed by atoms with E-state index < -0.39 is 59.4 Å². The number of hydrogen-bond acceptors (Lipinski definition) is 8. The van der Waals surface area contributed by atoms with Gasteiger partial charge in [0.25, 0.3) is 11.8 Å². The zero-order chi connectivity index (χ0) is 27.1. The van der Waals surface area contributed by atoms with Gasteiger partial charge in [0.2, 0.25) is 5.43 Å². The Labute approximate surface area is 209 Å². The number of ether oxygens (including phenoxy) is 1. The van der Waals surface area contributed by atoms with E-state index in [1.807, 2.05) is 0 Å². The molecule has 1 spiro atoms. The van der Waals surface area contributed by atoms with Crippen molar-refractivity contribution in [1.82, 2.24) is 14.9 Å². The maximum absolute atomic E-state index is 14.2. The van der Waals surface area contributed by atoms with Gasteiger partial charge < -0.3 is 25.0 Å². The molecule has 4 rings (SSSR count). The highest BCUT2D eigenvalue weighted by atomic mass is 31.2. The number of amides is 2. The Balaban J connectivity index is 1.70. The van der Waals surface area contributed by atoms with Crippen LogP contribution in [0.15, 0.2) is 34.1 Å². The number of aromatic hydroxyl groups is 1. The molecule has 13 nitrogen and oxygen atoms in total. The number of carbonyl (C=O) groups is 2. The Morgan fingerprint density at radius 3 is 2.70 bits per heavy atom. The second-order valence-electron chi connectivity index (χ2n) is 8.93. The fourth-order valence-electron chi connectivity index (χ4n) is 4.54. The van der Waals surface area contributed by atoms with Gasteiger partial charge in [-0.3, -0.25) is 28.6 Å². The summed E-state index contributed by atoms with van der Waals surface area (Å²) >= 11 is 0. The number of aromatic nitrogens is 1. The molecule has 2 aliphatic rings. The Kier molecular flexibility index (Phi) is 6.93. The van der Waals surface area contributed by atoms with E-state index in [0.29, 0.717) is 5.56 Å². The molecule has 1 aromatic carbocycles. The van der Waals surface area contributed by atoms with Crippen molar-refractivity contribution in [3.8, 4) is 5.75 Å². The predicted molar refractivity (Wildman–Crippen MR) is 129 cm³/mol. The van der Waals surface area contributed by atoms with Crippen molar-refractivity contribution >= 4 is 19.3 Å². The molecule has 1 fully saturated rings. The Morgan fingerprint density at radius 1 is 1.35 bits per heavy atom. The molecule has 0 radical (unpaired) electrons. The van der Waals surface area contributed by atoms with Crippen molar-refractivity contribution < 1.29 is 33.3 Å². The van der Waals surface area contributed by atoms with Crippen LogP contribution in [-0.4, -0.2) is 70.0 Å². The predicted octanol–water partition coefficient (Wildman–Crippen LogP) is 1.02. The molecule has 1 aromatic heterocycles. The molecule has 3 heterocycles. The second kappa shape index (κ2) is 9.69. The van der Waals surface area contributed by atoms with Gasteiger partial charge in [-0.15, -0.1) is 4.91 Å². The number of halogens is 1. The molecule has 0 aliphatic carbocycles. The Morgan fingerprint density at radius 2 is 2.08 bits per heavy atom. The number of rotatable bonds is 7. The third kappa shape index (κ3) is 4.63. The SMILES string of the molecule is Cc1ccc(CNC(=O)c2cn3c(c(O)c2=O)C(=O)N(CCP(=O)(O)N=O)C2(CCOC2)N3C)c(F)c1. The van der Waals surface area contributed by atoms with Crippen molar-refractivity contribution in [2.45, 2.75) is 25.6 Å². The Bertz CT molecular complexity index is 1390. The molecule has 2 aliphatic heterocycles. The summed E-state index contributed by atoms with van der Waals surface area (Å²) in [4.78, 5) is 62.9. The normalized spacial score (nSPS) is 20.6. The number of pyridine rings is 1. The van der Waals surface area contributed by atoms with Crippen LogP contribution in [0.1, 0.15) is 38.4 Å². The lowest BCUT2D eigenvalue weighted by Gasteiger charge is -2.51. The number of nitrogens with one attached hydrogen (secondary N) is 1. The van der Waals surface area contributed by atoms with E-state index in [0.717, 1.165) is 15.8 Å². The van der Waals surface area contributed by atoms with Crippen LogP contribution in [-0.2, 0) is 15.8 Å². The highest BCUT2D eigenvalue weighted by Gasteiger charge is 2.52. The van der Waals surface area contributed by atoms with E-state index in [9.17, 15) is 38.2 Å². The van der Waals surface area contributed by atoms with E-state index in [4.69, 9.17) is 4.74 Å². The van der Waals surface area contributed by atoms with Gasteiger partial charge in [-0.2, -0.15) is 0 Å². The van der Waals surface area contributed by atoms with Gasteiger partial charge in [-0.05, 0) is 18.6 Å². The number of nitrogens with zero attached hydrogens (tertiary/aromatic N) is 4. The van der Waals surface area contributed by atoms with Gasteiger partial charge in [0, 0.05) is 43.3 Å². The first-order valence-electron chi connectivity index (χ1n) is 11.2. The summed E-state index contributed by atoms with van der Waals surface area (Å²) in [5, 5.41) is 14.6. The summed E-state index contributed by atoms with van der Waals surface area (Å²) < 4.78 is 32.6. The first-order valence-corrected chi connectivity index (χ1v) is 13.0.